The Morgan fingerprint density at radius 3 is 2.54 bits per heavy atom. The highest BCUT2D eigenvalue weighted by molar-refractivity contribution is 6.46. The summed E-state index contributed by atoms with van der Waals surface area (Å²) in [5.41, 5.74) is 1.65. The van der Waals surface area contributed by atoms with E-state index in [0.29, 0.717) is 48.8 Å². The van der Waals surface area contributed by atoms with Crippen LogP contribution in [-0.2, 0) is 14.3 Å². The third-order valence-corrected chi connectivity index (χ3v) is 6.31. The lowest BCUT2D eigenvalue weighted by atomic mass is 9.94. The van der Waals surface area contributed by atoms with Gasteiger partial charge in [0.1, 0.15) is 23.9 Å². The van der Waals surface area contributed by atoms with Crippen LogP contribution in [-0.4, -0.2) is 72.6 Å². The van der Waals surface area contributed by atoms with E-state index in [0.717, 1.165) is 13.1 Å². The summed E-state index contributed by atoms with van der Waals surface area (Å²) in [6.45, 7) is 9.31. The molecule has 0 unspecified atom stereocenters. The molecule has 0 spiro atoms. The average Bonchev–Trinajstić information content (AvgIpc) is 3.12. The molecule has 2 aliphatic heterocycles. The number of aliphatic hydroxyl groups excluding tert-OH is 1. The Morgan fingerprint density at radius 1 is 1.17 bits per heavy atom. The molecule has 7 nitrogen and oxygen atoms in total. The number of hydrogen-bond donors (Lipinski definition) is 1. The van der Waals surface area contributed by atoms with Crippen molar-refractivity contribution >= 4 is 17.4 Å². The van der Waals surface area contributed by atoms with Crippen molar-refractivity contribution in [2.24, 2.45) is 0 Å². The van der Waals surface area contributed by atoms with E-state index in [1.807, 2.05) is 0 Å². The van der Waals surface area contributed by atoms with Crippen LogP contribution >= 0.6 is 0 Å². The molecule has 35 heavy (non-hydrogen) atoms. The first-order chi connectivity index (χ1) is 16.9. The number of ketones is 1. The van der Waals surface area contributed by atoms with Crippen LogP contribution in [0.2, 0.25) is 0 Å². The predicted molar refractivity (Wildman–Crippen MR) is 130 cm³/mol. The molecule has 184 valence electrons. The van der Waals surface area contributed by atoms with Gasteiger partial charge in [-0.1, -0.05) is 24.8 Å². The zero-order valence-electron chi connectivity index (χ0n) is 19.7. The Labute approximate surface area is 204 Å². The molecule has 4 rings (SSSR count). The van der Waals surface area contributed by atoms with Crippen molar-refractivity contribution in [3.8, 4) is 5.75 Å². The smallest absolute Gasteiger partial charge is 0.295 e. The van der Waals surface area contributed by atoms with E-state index in [-0.39, 0.29) is 17.9 Å². The molecule has 2 aromatic rings. The van der Waals surface area contributed by atoms with Crippen LogP contribution in [0.4, 0.5) is 4.39 Å². The molecule has 2 fully saturated rings. The van der Waals surface area contributed by atoms with Crippen LogP contribution in [0.15, 0.2) is 60.7 Å². The SMILES string of the molecule is C=CCOc1ccc(C(O)=C2C(=O)C(=O)N(CCN3CCOCC3)[C@@H]2c2ccc(F)cc2)c(C)c1. The monoisotopic (exact) mass is 480 g/mol. The summed E-state index contributed by atoms with van der Waals surface area (Å²) < 4.78 is 24.6. The van der Waals surface area contributed by atoms with Gasteiger partial charge in [0.25, 0.3) is 11.7 Å². The summed E-state index contributed by atoms with van der Waals surface area (Å²) in [6.07, 6.45) is 1.63. The maximum atomic E-state index is 13.7. The van der Waals surface area contributed by atoms with Gasteiger partial charge in [0.05, 0.1) is 24.8 Å². The normalized spacial score (nSPS) is 20.3. The summed E-state index contributed by atoms with van der Waals surface area (Å²) in [7, 11) is 0. The lowest BCUT2D eigenvalue weighted by Gasteiger charge is -2.31. The van der Waals surface area contributed by atoms with Crippen molar-refractivity contribution < 1.29 is 28.6 Å². The molecule has 2 aromatic carbocycles. The number of ether oxygens (including phenoxy) is 2. The van der Waals surface area contributed by atoms with Crippen LogP contribution in [0, 0.1) is 12.7 Å². The van der Waals surface area contributed by atoms with Gasteiger partial charge in [-0.3, -0.25) is 14.5 Å². The van der Waals surface area contributed by atoms with Crippen molar-refractivity contribution in [2.45, 2.75) is 13.0 Å². The van der Waals surface area contributed by atoms with Gasteiger partial charge in [0.2, 0.25) is 0 Å². The number of aliphatic hydroxyl groups is 1. The Balaban J connectivity index is 1.72. The number of carbonyl (C=O) groups excluding carboxylic acids is 2. The van der Waals surface area contributed by atoms with E-state index in [9.17, 15) is 19.1 Å². The Kier molecular flexibility index (Phi) is 7.63. The van der Waals surface area contributed by atoms with E-state index < -0.39 is 23.5 Å². The quantitative estimate of drug-likeness (QED) is 0.270. The van der Waals surface area contributed by atoms with Gasteiger partial charge < -0.3 is 19.5 Å². The third kappa shape index (κ3) is 5.28. The minimum absolute atomic E-state index is 0.00792. The van der Waals surface area contributed by atoms with Gasteiger partial charge in [-0.15, -0.1) is 0 Å². The van der Waals surface area contributed by atoms with Crippen LogP contribution < -0.4 is 4.74 Å². The molecule has 1 amide bonds. The average molecular weight is 481 g/mol. The van der Waals surface area contributed by atoms with Crippen molar-refractivity contribution in [2.75, 3.05) is 46.0 Å². The number of hydrogen-bond acceptors (Lipinski definition) is 6. The molecule has 0 aliphatic carbocycles. The summed E-state index contributed by atoms with van der Waals surface area (Å²) >= 11 is 0. The standard InChI is InChI=1S/C27H29FN2O5/c1-3-14-35-21-8-9-22(18(2)17-21)25(31)23-24(19-4-6-20(28)7-5-19)30(27(33)26(23)32)11-10-29-12-15-34-16-13-29/h3-9,17,24,31H,1,10-16H2,2H3/t24-/m1/s1. The number of rotatable bonds is 8. The minimum atomic E-state index is -0.826. The number of benzene rings is 2. The highest BCUT2D eigenvalue weighted by Gasteiger charge is 2.46. The van der Waals surface area contributed by atoms with E-state index in [1.165, 1.54) is 17.0 Å². The van der Waals surface area contributed by atoms with Crippen molar-refractivity contribution in [1.29, 1.82) is 0 Å². The lowest BCUT2D eigenvalue weighted by Crippen LogP contribution is -2.42. The van der Waals surface area contributed by atoms with Gasteiger partial charge in [-0.05, 0) is 48.4 Å². The minimum Gasteiger partial charge on any atom is -0.507 e. The fourth-order valence-corrected chi connectivity index (χ4v) is 4.47. The summed E-state index contributed by atoms with van der Waals surface area (Å²) in [5, 5.41) is 11.3. The van der Waals surface area contributed by atoms with Crippen LogP contribution in [0.3, 0.4) is 0 Å². The molecule has 0 saturated carbocycles. The first-order valence-corrected chi connectivity index (χ1v) is 11.6. The summed E-state index contributed by atoms with van der Waals surface area (Å²) in [4.78, 5) is 29.9. The fraction of sp³-hybridized carbons (Fsp3) is 0.333. The van der Waals surface area contributed by atoms with E-state index in [1.54, 1.807) is 43.3 Å². The van der Waals surface area contributed by atoms with Crippen LogP contribution in [0.25, 0.3) is 5.76 Å². The number of amides is 1. The topological polar surface area (TPSA) is 79.3 Å². The molecule has 0 aromatic heterocycles. The molecule has 0 radical (unpaired) electrons. The molecular weight excluding hydrogens is 451 g/mol. The Bertz CT molecular complexity index is 1140. The maximum Gasteiger partial charge on any atom is 0.295 e. The van der Waals surface area contributed by atoms with E-state index in [4.69, 9.17) is 9.47 Å². The molecule has 1 atom stereocenters. The molecule has 2 aliphatic rings. The van der Waals surface area contributed by atoms with Crippen LogP contribution in [0.1, 0.15) is 22.7 Å². The Hall–Kier alpha value is -3.49. The molecule has 2 heterocycles. The second-order valence-electron chi connectivity index (χ2n) is 8.57. The first-order valence-electron chi connectivity index (χ1n) is 11.6. The molecule has 0 bridgehead atoms. The lowest BCUT2D eigenvalue weighted by molar-refractivity contribution is -0.140. The summed E-state index contributed by atoms with van der Waals surface area (Å²) in [5.74, 6) is -1.53. The largest absolute Gasteiger partial charge is 0.507 e. The Morgan fingerprint density at radius 2 is 1.89 bits per heavy atom. The zero-order chi connectivity index (χ0) is 24.9. The number of aryl methyl sites for hydroxylation is 1. The predicted octanol–water partition coefficient (Wildman–Crippen LogP) is 3.45. The van der Waals surface area contributed by atoms with E-state index >= 15 is 0 Å². The van der Waals surface area contributed by atoms with Gasteiger partial charge in [-0.25, -0.2) is 4.39 Å². The summed E-state index contributed by atoms with van der Waals surface area (Å²) in [6, 6.07) is 9.93. The molecular formula is C27H29FN2O5. The number of morpholine rings is 1. The second kappa shape index (κ2) is 10.8. The van der Waals surface area contributed by atoms with Gasteiger partial charge in [0, 0.05) is 31.7 Å². The third-order valence-electron chi connectivity index (χ3n) is 6.31. The maximum absolute atomic E-state index is 13.7. The fourth-order valence-electron chi connectivity index (χ4n) is 4.47. The van der Waals surface area contributed by atoms with Crippen molar-refractivity contribution in [3.05, 3.63) is 83.2 Å². The number of halogens is 1. The van der Waals surface area contributed by atoms with Gasteiger partial charge >= 0.3 is 0 Å². The number of likely N-dealkylation sites (tertiary alicyclic amines) is 1. The van der Waals surface area contributed by atoms with Gasteiger partial charge in [0.15, 0.2) is 0 Å². The molecule has 8 heteroatoms. The second-order valence-corrected chi connectivity index (χ2v) is 8.57. The van der Waals surface area contributed by atoms with Gasteiger partial charge in [-0.2, -0.15) is 0 Å². The zero-order valence-corrected chi connectivity index (χ0v) is 19.7. The number of nitrogens with zero attached hydrogens (tertiary/aromatic N) is 2. The number of carbonyl (C=O) groups is 2. The number of Topliss-reactive ketones (excluding diaryl/α,β-unsaturated/α-hetero) is 1. The first kappa shape index (κ1) is 24.6. The highest BCUT2D eigenvalue weighted by Crippen LogP contribution is 2.40. The van der Waals surface area contributed by atoms with Crippen LogP contribution in [0.5, 0.6) is 5.75 Å². The van der Waals surface area contributed by atoms with Crippen molar-refractivity contribution in [3.63, 3.8) is 0 Å². The molecule has 2 saturated heterocycles. The highest BCUT2D eigenvalue weighted by atomic mass is 19.1. The van der Waals surface area contributed by atoms with E-state index in [2.05, 4.69) is 11.5 Å². The molecule has 1 N–H and O–H groups in total. The van der Waals surface area contributed by atoms with Crippen molar-refractivity contribution in [1.82, 2.24) is 9.80 Å².